The van der Waals surface area contributed by atoms with Crippen molar-refractivity contribution in [1.29, 1.82) is 0 Å². The lowest BCUT2D eigenvalue weighted by atomic mass is 10.2. The third kappa shape index (κ3) is 4.39. The average Bonchev–Trinajstić information content (AvgIpc) is 2.65. The van der Waals surface area contributed by atoms with E-state index in [9.17, 15) is 4.79 Å². The van der Waals surface area contributed by atoms with E-state index in [-0.39, 0.29) is 6.03 Å². The van der Waals surface area contributed by atoms with Crippen molar-refractivity contribution in [2.24, 2.45) is 0 Å². The summed E-state index contributed by atoms with van der Waals surface area (Å²) in [6.07, 6.45) is 3.41. The summed E-state index contributed by atoms with van der Waals surface area (Å²) in [5.74, 6) is 0.647. The van der Waals surface area contributed by atoms with Gasteiger partial charge in [0.25, 0.3) is 0 Å². The van der Waals surface area contributed by atoms with Gasteiger partial charge >= 0.3 is 6.03 Å². The van der Waals surface area contributed by atoms with Crippen molar-refractivity contribution < 1.29 is 9.53 Å². The molecule has 7 heteroatoms. The lowest BCUT2D eigenvalue weighted by molar-refractivity contribution is 0.262. The summed E-state index contributed by atoms with van der Waals surface area (Å²) < 4.78 is 5.54. The molecular weight excluding hydrogens is 318 g/mol. The van der Waals surface area contributed by atoms with Crippen LogP contribution < -0.4 is 25.6 Å². The van der Waals surface area contributed by atoms with Crippen LogP contribution in [0.25, 0.3) is 0 Å². The van der Waals surface area contributed by atoms with Crippen LogP contribution in [0.2, 0.25) is 0 Å². The lowest BCUT2D eigenvalue weighted by Crippen LogP contribution is -2.43. The molecule has 2 aromatic rings. The third-order valence-corrected chi connectivity index (χ3v) is 3.94. The maximum Gasteiger partial charge on any atom is 0.323 e. The summed E-state index contributed by atoms with van der Waals surface area (Å²) in [6.45, 7) is 6.09. The minimum atomic E-state index is -0.323. The van der Waals surface area contributed by atoms with Crippen molar-refractivity contribution in [3.63, 3.8) is 0 Å². The van der Waals surface area contributed by atoms with Gasteiger partial charge in [0.2, 0.25) is 0 Å². The highest BCUT2D eigenvalue weighted by molar-refractivity contribution is 6.02. The molecule has 0 saturated carbocycles. The highest BCUT2D eigenvalue weighted by atomic mass is 16.5. The first-order valence-electron chi connectivity index (χ1n) is 8.47. The summed E-state index contributed by atoms with van der Waals surface area (Å²) in [6, 6.07) is 8.97. The van der Waals surface area contributed by atoms with Crippen LogP contribution >= 0.6 is 0 Å². The monoisotopic (exact) mass is 341 g/mol. The molecule has 1 aromatic heterocycles. The Kier molecular flexibility index (Phi) is 5.69. The Hall–Kier alpha value is -2.80. The first-order valence-corrected chi connectivity index (χ1v) is 8.47. The van der Waals surface area contributed by atoms with Crippen LogP contribution in [0, 0.1) is 0 Å². The maximum absolute atomic E-state index is 12.4. The first-order chi connectivity index (χ1) is 12.3. The van der Waals surface area contributed by atoms with E-state index in [1.807, 2.05) is 37.3 Å². The number of carbonyl (C=O) groups is 1. The number of rotatable bonds is 5. The van der Waals surface area contributed by atoms with E-state index < -0.39 is 0 Å². The van der Waals surface area contributed by atoms with Gasteiger partial charge in [-0.05, 0) is 25.1 Å². The maximum atomic E-state index is 12.4. The molecule has 0 spiro atoms. The zero-order valence-electron chi connectivity index (χ0n) is 14.3. The Balaban J connectivity index is 1.71. The molecule has 1 aliphatic heterocycles. The molecule has 0 bridgehead atoms. The Morgan fingerprint density at radius 1 is 1.20 bits per heavy atom. The van der Waals surface area contributed by atoms with Crippen molar-refractivity contribution in [2.75, 3.05) is 48.3 Å². The molecule has 1 saturated heterocycles. The lowest BCUT2D eigenvalue weighted by Gasteiger charge is -2.30. The van der Waals surface area contributed by atoms with Gasteiger partial charge in [-0.25, -0.2) is 4.79 Å². The number of nitrogens with zero attached hydrogens (tertiary/aromatic N) is 2. The van der Waals surface area contributed by atoms with E-state index in [1.165, 1.54) is 0 Å². The molecule has 2 heterocycles. The number of pyridine rings is 1. The van der Waals surface area contributed by atoms with Gasteiger partial charge in [-0.3, -0.25) is 4.98 Å². The van der Waals surface area contributed by atoms with E-state index in [1.54, 1.807) is 12.4 Å². The quantitative estimate of drug-likeness (QED) is 0.779. The van der Waals surface area contributed by atoms with Crippen LogP contribution in [0.1, 0.15) is 6.92 Å². The predicted molar refractivity (Wildman–Crippen MR) is 99.6 cm³/mol. The Morgan fingerprint density at radius 3 is 2.76 bits per heavy atom. The number of hydrogen-bond acceptors (Lipinski definition) is 5. The van der Waals surface area contributed by atoms with Gasteiger partial charge in [-0.1, -0.05) is 12.1 Å². The van der Waals surface area contributed by atoms with Crippen molar-refractivity contribution in [3.8, 4) is 5.75 Å². The summed E-state index contributed by atoms with van der Waals surface area (Å²) >= 11 is 0. The van der Waals surface area contributed by atoms with Crippen LogP contribution in [0.4, 0.5) is 21.9 Å². The number of carbonyl (C=O) groups excluding carboxylic acids is 1. The van der Waals surface area contributed by atoms with Gasteiger partial charge in [-0.15, -0.1) is 0 Å². The summed E-state index contributed by atoms with van der Waals surface area (Å²) in [7, 11) is 0. The number of piperazine rings is 1. The molecule has 0 unspecified atom stereocenters. The smallest absolute Gasteiger partial charge is 0.323 e. The topological polar surface area (TPSA) is 78.5 Å². The van der Waals surface area contributed by atoms with Crippen molar-refractivity contribution >= 4 is 23.1 Å². The molecule has 0 aliphatic carbocycles. The molecule has 3 rings (SSSR count). The third-order valence-electron chi connectivity index (χ3n) is 3.94. The van der Waals surface area contributed by atoms with E-state index in [2.05, 4.69) is 25.8 Å². The number of hydrogen-bond donors (Lipinski definition) is 3. The van der Waals surface area contributed by atoms with Gasteiger partial charge in [0.1, 0.15) is 5.75 Å². The van der Waals surface area contributed by atoms with Crippen molar-refractivity contribution in [2.45, 2.75) is 6.92 Å². The molecular formula is C18H23N5O2. The van der Waals surface area contributed by atoms with Gasteiger partial charge in [-0.2, -0.15) is 0 Å². The number of benzene rings is 1. The zero-order valence-corrected chi connectivity index (χ0v) is 14.3. The molecule has 25 heavy (non-hydrogen) atoms. The average molecular weight is 341 g/mol. The number of urea groups is 1. The second-order valence-corrected chi connectivity index (χ2v) is 5.64. The SMILES string of the molecule is CCOc1ccccc1NC(=O)Nc1cnccc1N1CCNCC1. The fourth-order valence-corrected chi connectivity index (χ4v) is 2.79. The van der Waals surface area contributed by atoms with Crippen molar-refractivity contribution in [3.05, 3.63) is 42.7 Å². The first kappa shape index (κ1) is 17.0. The Bertz CT molecular complexity index is 716. The molecule has 0 radical (unpaired) electrons. The van der Waals surface area contributed by atoms with Gasteiger partial charge in [0, 0.05) is 32.4 Å². The number of ether oxygens (including phenoxy) is 1. The fourth-order valence-electron chi connectivity index (χ4n) is 2.79. The van der Waals surface area contributed by atoms with Crippen LogP contribution in [0.15, 0.2) is 42.7 Å². The summed E-state index contributed by atoms with van der Waals surface area (Å²) in [5.41, 5.74) is 2.30. The van der Waals surface area contributed by atoms with E-state index in [0.29, 0.717) is 23.7 Å². The summed E-state index contributed by atoms with van der Waals surface area (Å²) in [5, 5.41) is 9.06. The molecule has 2 amide bonds. The number of nitrogens with one attached hydrogen (secondary N) is 3. The Morgan fingerprint density at radius 2 is 1.96 bits per heavy atom. The highest BCUT2D eigenvalue weighted by Crippen LogP contribution is 2.27. The summed E-state index contributed by atoms with van der Waals surface area (Å²) in [4.78, 5) is 18.8. The number of anilines is 3. The minimum absolute atomic E-state index is 0.323. The number of amides is 2. The molecule has 1 aliphatic rings. The second kappa shape index (κ2) is 8.34. The molecule has 1 aromatic carbocycles. The molecule has 3 N–H and O–H groups in total. The molecule has 1 fully saturated rings. The standard InChI is InChI=1S/C18H23N5O2/c1-2-25-17-6-4-3-5-14(17)21-18(24)22-15-13-20-8-7-16(15)23-11-9-19-10-12-23/h3-8,13,19H,2,9-12H2,1H3,(H2,21,22,24). The van der Waals surface area contributed by atoms with Crippen LogP contribution in [0.5, 0.6) is 5.75 Å². The molecule has 7 nitrogen and oxygen atoms in total. The Labute approximate surface area is 147 Å². The van der Waals surface area contributed by atoms with Crippen LogP contribution in [0.3, 0.4) is 0 Å². The molecule has 0 atom stereocenters. The number of para-hydroxylation sites is 2. The molecule has 132 valence electrons. The van der Waals surface area contributed by atoms with Gasteiger partial charge in [0.05, 0.1) is 29.9 Å². The fraction of sp³-hybridized carbons (Fsp3) is 0.333. The van der Waals surface area contributed by atoms with Gasteiger partial charge in [0.15, 0.2) is 0 Å². The number of aromatic nitrogens is 1. The second-order valence-electron chi connectivity index (χ2n) is 5.64. The van der Waals surface area contributed by atoms with Crippen molar-refractivity contribution in [1.82, 2.24) is 10.3 Å². The van der Waals surface area contributed by atoms with E-state index in [4.69, 9.17) is 4.74 Å². The zero-order chi connectivity index (χ0) is 17.5. The predicted octanol–water partition coefficient (Wildman–Crippen LogP) is 2.53. The largest absolute Gasteiger partial charge is 0.492 e. The van der Waals surface area contributed by atoms with Crippen LogP contribution in [-0.4, -0.2) is 43.8 Å². The van der Waals surface area contributed by atoms with E-state index >= 15 is 0 Å². The van der Waals surface area contributed by atoms with E-state index in [0.717, 1.165) is 31.9 Å². The van der Waals surface area contributed by atoms with Gasteiger partial charge < -0.3 is 25.6 Å². The van der Waals surface area contributed by atoms with Crippen LogP contribution in [-0.2, 0) is 0 Å². The minimum Gasteiger partial charge on any atom is -0.492 e. The highest BCUT2D eigenvalue weighted by Gasteiger charge is 2.16. The normalized spacial score (nSPS) is 14.0.